The first kappa shape index (κ1) is 17.1. The van der Waals surface area contributed by atoms with Crippen molar-refractivity contribution in [2.45, 2.75) is 33.7 Å². The highest BCUT2D eigenvalue weighted by Gasteiger charge is 2.12. The third-order valence-corrected chi connectivity index (χ3v) is 3.16. The van der Waals surface area contributed by atoms with Crippen molar-refractivity contribution in [3.8, 4) is 11.5 Å². The predicted octanol–water partition coefficient (Wildman–Crippen LogP) is 2.76. The highest BCUT2D eigenvalue weighted by Crippen LogP contribution is 2.30. The van der Waals surface area contributed by atoms with E-state index in [1.54, 1.807) is 11.9 Å². The molecule has 1 aromatic carbocycles. The molecular formula is C16H26N2O3. The zero-order valence-corrected chi connectivity index (χ0v) is 13.6. The third-order valence-electron chi connectivity index (χ3n) is 3.16. The second-order valence-corrected chi connectivity index (χ2v) is 4.98. The Balaban J connectivity index is 2.71. The smallest absolute Gasteiger partial charge is 0.241 e. The molecule has 0 aliphatic heterocycles. The molecule has 0 aliphatic rings. The van der Waals surface area contributed by atoms with Crippen molar-refractivity contribution in [2.24, 2.45) is 0 Å². The quantitative estimate of drug-likeness (QED) is 0.801. The van der Waals surface area contributed by atoms with Gasteiger partial charge in [0, 0.05) is 24.8 Å². The number of nitrogens with zero attached hydrogens (tertiary/aromatic N) is 1. The second-order valence-electron chi connectivity index (χ2n) is 4.98. The number of carbonyl (C=O) groups excluding carboxylic acids is 1. The number of carbonyl (C=O) groups is 1. The molecule has 1 aromatic rings. The van der Waals surface area contributed by atoms with Gasteiger partial charge in [0.05, 0.1) is 19.8 Å². The number of likely N-dealkylation sites (N-methyl/N-ethyl adjacent to an activating group) is 1. The topological polar surface area (TPSA) is 50.8 Å². The summed E-state index contributed by atoms with van der Waals surface area (Å²) in [5.41, 5.74) is 0.840. The van der Waals surface area contributed by atoms with Gasteiger partial charge in [0.2, 0.25) is 5.91 Å². The Morgan fingerprint density at radius 3 is 2.38 bits per heavy atom. The fourth-order valence-corrected chi connectivity index (χ4v) is 1.75. The summed E-state index contributed by atoms with van der Waals surface area (Å²) in [6.45, 7) is 9.25. The van der Waals surface area contributed by atoms with E-state index in [1.807, 2.05) is 45.9 Å². The van der Waals surface area contributed by atoms with Crippen LogP contribution in [-0.2, 0) is 4.79 Å². The maximum atomic E-state index is 11.9. The largest absolute Gasteiger partial charge is 0.490 e. The molecular weight excluding hydrogens is 268 g/mol. The summed E-state index contributed by atoms with van der Waals surface area (Å²) in [4.78, 5) is 13.7. The van der Waals surface area contributed by atoms with Crippen LogP contribution in [0.5, 0.6) is 11.5 Å². The lowest BCUT2D eigenvalue weighted by molar-refractivity contribution is -0.129. The van der Waals surface area contributed by atoms with E-state index in [1.165, 1.54) is 0 Å². The molecule has 0 heterocycles. The third kappa shape index (κ3) is 5.17. The number of amides is 1. The molecule has 1 N–H and O–H groups in total. The maximum absolute atomic E-state index is 11.9. The van der Waals surface area contributed by atoms with Gasteiger partial charge in [-0.25, -0.2) is 0 Å². The van der Waals surface area contributed by atoms with Crippen LogP contribution >= 0.6 is 0 Å². The highest BCUT2D eigenvalue weighted by atomic mass is 16.5. The molecule has 21 heavy (non-hydrogen) atoms. The van der Waals surface area contributed by atoms with Gasteiger partial charge in [0.25, 0.3) is 0 Å². The van der Waals surface area contributed by atoms with Crippen molar-refractivity contribution in [1.82, 2.24) is 4.90 Å². The molecule has 1 amide bonds. The van der Waals surface area contributed by atoms with Crippen LogP contribution in [0.2, 0.25) is 0 Å². The van der Waals surface area contributed by atoms with Gasteiger partial charge in [-0.05, 0) is 39.8 Å². The standard InChI is InChI=1S/C16H26N2O3/c1-6-20-14-9-8-13(10-15(14)21-7-2)17-11-16(19)18(5)12(3)4/h8-10,12,17H,6-7,11H2,1-5H3. The molecule has 0 atom stereocenters. The van der Waals surface area contributed by atoms with Crippen LogP contribution in [0.25, 0.3) is 0 Å². The fraction of sp³-hybridized carbons (Fsp3) is 0.562. The van der Waals surface area contributed by atoms with Gasteiger partial charge < -0.3 is 19.7 Å². The molecule has 0 unspecified atom stereocenters. The molecule has 0 radical (unpaired) electrons. The monoisotopic (exact) mass is 294 g/mol. The van der Waals surface area contributed by atoms with E-state index < -0.39 is 0 Å². The molecule has 0 spiro atoms. The van der Waals surface area contributed by atoms with Gasteiger partial charge in [-0.1, -0.05) is 0 Å². The number of rotatable bonds is 8. The van der Waals surface area contributed by atoms with Crippen LogP contribution in [0, 0.1) is 0 Å². The van der Waals surface area contributed by atoms with Crippen LogP contribution in [0.3, 0.4) is 0 Å². The molecule has 0 bridgehead atoms. The Morgan fingerprint density at radius 1 is 1.19 bits per heavy atom. The summed E-state index contributed by atoms with van der Waals surface area (Å²) >= 11 is 0. The Bertz CT molecular complexity index is 461. The van der Waals surface area contributed by atoms with Crippen LogP contribution in [-0.4, -0.2) is 43.7 Å². The summed E-state index contributed by atoms with van der Waals surface area (Å²) in [6.07, 6.45) is 0. The van der Waals surface area contributed by atoms with E-state index in [0.29, 0.717) is 19.0 Å². The maximum Gasteiger partial charge on any atom is 0.241 e. The van der Waals surface area contributed by atoms with Gasteiger partial charge in [-0.15, -0.1) is 0 Å². The van der Waals surface area contributed by atoms with E-state index in [4.69, 9.17) is 9.47 Å². The summed E-state index contributed by atoms with van der Waals surface area (Å²) < 4.78 is 11.1. The Kier molecular flexibility index (Phi) is 6.85. The predicted molar refractivity (Wildman–Crippen MR) is 85.2 cm³/mol. The van der Waals surface area contributed by atoms with Crippen LogP contribution in [0.15, 0.2) is 18.2 Å². The number of ether oxygens (including phenoxy) is 2. The van der Waals surface area contributed by atoms with Gasteiger partial charge >= 0.3 is 0 Å². The molecule has 0 saturated carbocycles. The highest BCUT2D eigenvalue weighted by molar-refractivity contribution is 5.81. The first-order valence-corrected chi connectivity index (χ1v) is 7.38. The van der Waals surface area contributed by atoms with Crippen molar-refractivity contribution < 1.29 is 14.3 Å². The molecule has 0 saturated heterocycles. The van der Waals surface area contributed by atoms with Gasteiger partial charge in [-0.3, -0.25) is 4.79 Å². The Hall–Kier alpha value is -1.91. The van der Waals surface area contributed by atoms with Gasteiger partial charge in [0.1, 0.15) is 0 Å². The lowest BCUT2D eigenvalue weighted by atomic mass is 10.2. The Morgan fingerprint density at radius 2 is 1.81 bits per heavy atom. The van der Waals surface area contributed by atoms with Crippen molar-refractivity contribution >= 4 is 11.6 Å². The summed E-state index contributed by atoms with van der Waals surface area (Å²) in [5.74, 6) is 1.46. The average Bonchev–Trinajstić information content (AvgIpc) is 2.46. The second kappa shape index (κ2) is 8.39. The van der Waals surface area contributed by atoms with Gasteiger partial charge in [0.15, 0.2) is 11.5 Å². The van der Waals surface area contributed by atoms with E-state index >= 15 is 0 Å². The van der Waals surface area contributed by atoms with Crippen LogP contribution in [0.4, 0.5) is 5.69 Å². The zero-order chi connectivity index (χ0) is 15.8. The molecule has 0 aliphatic carbocycles. The fourth-order valence-electron chi connectivity index (χ4n) is 1.75. The number of anilines is 1. The van der Waals surface area contributed by atoms with Crippen LogP contribution in [0.1, 0.15) is 27.7 Å². The number of hydrogen-bond acceptors (Lipinski definition) is 4. The summed E-state index contributed by atoms with van der Waals surface area (Å²) in [6, 6.07) is 5.79. The first-order valence-electron chi connectivity index (χ1n) is 7.38. The van der Waals surface area contributed by atoms with E-state index in [0.717, 1.165) is 11.4 Å². The molecule has 5 nitrogen and oxygen atoms in total. The minimum absolute atomic E-state index is 0.0526. The van der Waals surface area contributed by atoms with E-state index in [9.17, 15) is 4.79 Å². The van der Waals surface area contributed by atoms with Crippen molar-refractivity contribution in [1.29, 1.82) is 0 Å². The SMILES string of the molecule is CCOc1ccc(NCC(=O)N(C)C(C)C)cc1OCC. The average molecular weight is 294 g/mol. The van der Waals surface area contributed by atoms with Gasteiger partial charge in [-0.2, -0.15) is 0 Å². The zero-order valence-electron chi connectivity index (χ0n) is 13.6. The normalized spacial score (nSPS) is 10.4. The number of hydrogen-bond donors (Lipinski definition) is 1. The number of nitrogens with one attached hydrogen (secondary N) is 1. The molecule has 1 rings (SSSR count). The first-order chi connectivity index (χ1) is 9.99. The van der Waals surface area contributed by atoms with Crippen molar-refractivity contribution in [3.05, 3.63) is 18.2 Å². The lowest BCUT2D eigenvalue weighted by Gasteiger charge is -2.22. The van der Waals surface area contributed by atoms with E-state index in [2.05, 4.69) is 5.32 Å². The number of benzene rings is 1. The summed E-state index contributed by atoms with van der Waals surface area (Å²) in [5, 5.41) is 3.12. The van der Waals surface area contributed by atoms with E-state index in [-0.39, 0.29) is 18.5 Å². The molecule has 0 aromatic heterocycles. The lowest BCUT2D eigenvalue weighted by Crippen LogP contribution is -2.37. The minimum atomic E-state index is 0.0526. The van der Waals surface area contributed by atoms with Crippen molar-refractivity contribution in [3.63, 3.8) is 0 Å². The Labute approximate surface area is 127 Å². The molecule has 118 valence electrons. The minimum Gasteiger partial charge on any atom is -0.490 e. The van der Waals surface area contributed by atoms with Crippen LogP contribution < -0.4 is 14.8 Å². The van der Waals surface area contributed by atoms with Crippen molar-refractivity contribution in [2.75, 3.05) is 32.1 Å². The molecule has 0 fully saturated rings. The summed E-state index contributed by atoms with van der Waals surface area (Å²) in [7, 11) is 1.80. The molecule has 5 heteroatoms.